The third-order valence-corrected chi connectivity index (χ3v) is 5.07. The molecule has 0 aromatic carbocycles. The van der Waals surface area contributed by atoms with Crippen LogP contribution in [0.3, 0.4) is 0 Å². The van der Waals surface area contributed by atoms with Crippen LogP contribution in [0, 0.1) is 0 Å². The minimum Gasteiger partial charge on any atom is -0.383 e. The van der Waals surface area contributed by atoms with Crippen molar-refractivity contribution < 1.29 is 4.74 Å². The Labute approximate surface area is 179 Å². The third-order valence-electron chi connectivity index (χ3n) is 4.22. The topological polar surface area (TPSA) is 61.8 Å². The zero-order valence-corrected chi connectivity index (χ0v) is 19.6. The molecule has 0 radical (unpaired) electrons. The van der Waals surface area contributed by atoms with Gasteiger partial charge in [0.25, 0.3) is 0 Å². The molecule has 1 aromatic heterocycles. The molecule has 0 atom stereocenters. The van der Waals surface area contributed by atoms with Gasteiger partial charge in [-0.15, -0.1) is 35.3 Å². The Morgan fingerprint density at radius 1 is 1.38 bits per heavy atom. The van der Waals surface area contributed by atoms with E-state index in [-0.39, 0.29) is 24.0 Å². The molecule has 1 aromatic rings. The highest BCUT2D eigenvalue weighted by atomic mass is 127. The smallest absolute Gasteiger partial charge is 0.191 e. The second-order valence-electron chi connectivity index (χ2n) is 6.70. The lowest BCUT2D eigenvalue weighted by atomic mass is 10.2. The molecule has 0 unspecified atom stereocenters. The summed E-state index contributed by atoms with van der Waals surface area (Å²) in [5.74, 6) is 1.34. The largest absolute Gasteiger partial charge is 0.383 e. The zero-order valence-electron chi connectivity index (χ0n) is 16.5. The number of guanidine groups is 1. The molecule has 1 saturated carbocycles. The Morgan fingerprint density at radius 3 is 2.73 bits per heavy atom. The van der Waals surface area contributed by atoms with Crippen molar-refractivity contribution in [3.63, 3.8) is 0 Å². The number of ether oxygens (including phenoxy) is 1. The molecule has 1 fully saturated rings. The van der Waals surface area contributed by atoms with E-state index in [9.17, 15) is 0 Å². The molecular weight excluding hydrogens is 461 g/mol. The van der Waals surface area contributed by atoms with Crippen molar-refractivity contribution in [2.75, 3.05) is 39.9 Å². The van der Waals surface area contributed by atoms with E-state index in [0.717, 1.165) is 55.5 Å². The average Bonchev–Trinajstić information content (AvgIpc) is 3.32. The minimum atomic E-state index is 0. The van der Waals surface area contributed by atoms with Gasteiger partial charge in [0.15, 0.2) is 5.96 Å². The van der Waals surface area contributed by atoms with Gasteiger partial charge in [-0.05, 0) is 25.7 Å². The molecule has 0 bridgehead atoms. The van der Waals surface area contributed by atoms with Gasteiger partial charge in [-0.3, -0.25) is 4.90 Å². The van der Waals surface area contributed by atoms with Crippen LogP contribution in [0.15, 0.2) is 10.4 Å². The van der Waals surface area contributed by atoms with E-state index in [1.165, 1.54) is 12.8 Å². The SMILES string of the molecule is CCNC(=NCc1nc(C(C)C)cs1)NCCN(CCOC)C1CC1.I. The van der Waals surface area contributed by atoms with E-state index < -0.39 is 0 Å². The van der Waals surface area contributed by atoms with Gasteiger partial charge in [-0.1, -0.05) is 13.8 Å². The predicted molar refractivity (Wildman–Crippen MR) is 121 cm³/mol. The maximum atomic E-state index is 5.22. The third kappa shape index (κ3) is 8.49. The summed E-state index contributed by atoms with van der Waals surface area (Å²) in [6.07, 6.45) is 2.64. The lowest BCUT2D eigenvalue weighted by Crippen LogP contribution is -2.42. The molecule has 0 amide bonds. The number of aliphatic imine (C=N–C) groups is 1. The summed E-state index contributed by atoms with van der Waals surface area (Å²) < 4.78 is 5.22. The van der Waals surface area contributed by atoms with Gasteiger partial charge >= 0.3 is 0 Å². The van der Waals surface area contributed by atoms with E-state index in [0.29, 0.717) is 12.5 Å². The van der Waals surface area contributed by atoms with Crippen molar-refractivity contribution in [2.45, 2.75) is 52.1 Å². The number of rotatable bonds is 11. The number of hydrogen-bond donors (Lipinski definition) is 2. The molecule has 150 valence electrons. The first-order valence-electron chi connectivity index (χ1n) is 9.33. The van der Waals surface area contributed by atoms with Crippen LogP contribution in [0.5, 0.6) is 0 Å². The van der Waals surface area contributed by atoms with Crippen molar-refractivity contribution in [3.05, 3.63) is 16.1 Å². The fourth-order valence-electron chi connectivity index (χ4n) is 2.59. The standard InChI is InChI=1S/C18H33N5OS.HI/c1-5-19-18(21-12-17-22-16(13-25-17)14(2)3)20-8-9-23(10-11-24-4)15-6-7-15;/h13-15H,5-12H2,1-4H3,(H2,19,20,21);1H. The molecular formula is C18H34IN5OS. The maximum absolute atomic E-state index is 5.22. The molecule has 6 nitrogen and oxygen atoms in total. The Bertz CT molecular complexity index is 533. The highest BCUT2D eigenvalue weighted by Crippen LogP contribution is 2.26. The van der Waals surface area contributed by atoms with E-state index in [1.54, 1.807) is 18.4 Å². The summed E-state index contributed by atoms with van der Waals surface area (Å²) in [5.41, 5.74) is 1.16. The number of halogens is 1. The highest BCUT2D eigenvalue weighted by Gasteiger charge is 2.28. The van der Waals surface area contributed by atoms with E-state index in [4.69, 9.17) is 4.74 Å². The monoisotopic (exact) mass is 495 g/mol. The predicted octanol–water partition coefficient (Wildman–Crippen LogP) is 3.05. The van der Waals surface area contributed by atoms with Crippen LogP contribution in [0.4, 0.5) is 0 Å². The van der Waals surface area contributed by atoms with Gasteiger partial charge in [0.2, 0.25) is 0 Å². The van der Waals surface area contributed by atoms with E-state index in [1.807, 2.05) is 0 Å². The van der Waals surface area contributed by atoms with Crippen LogP contribution in [0.25, 0.3) is 0 Å². The van der Waals surface area contributed by atoms with Gasteiger partial charge < -0.3 is 15.4 Å². The second kappa shape index (κ2) is 12.9. The van der Waals surface area contributed by atoms with Crippen molar-refractivity contribution >= 4 is 41.3 Å². The van der Waals surface area contributed by atoms with E-state index in [2.05, 4.69) is 51.7 Å². The Hall–Kier alpha value is -0.450. The van der Waals surface area contributed by atoms with Crippen LogP contribution in [-0.4, -0.2) is 61.8 Å². The number of thiazole rings is 1. The van der Waals surface area contributed by atoms with Crippen molar-refractivity contribution in [3.8, 4) is 0 Å². The van der Waals surface area contributed by atoms with Gasteiger partial charge in [0.1, 0.15) is 5.01 Å². The molecule has 2 N–H and O–H groups in total. The van der Waals surface area contributed by atoms with Crippen LogP contribution < -0.4 is 10.6 Å². The van der Waals surface area contributed by atoms with Crippen molar-refractivity contribution in [1.82, 2.24) is 20.5 Å². The Morgan fingerprint density at radius 2 is 2.15 bits per heavy atom. The molecule has 26 heavy (non-hydrogen) atoms. The first-order chi connectivity index (χ1) is 12.1. The molecule has 1 heterocycles. The van der Waals surface area contributed by atoms with Gasteiger partial charge in [0, 0.05) is 44.7 Å². The van der Waals surface area contributed by atoms with Crippen LogP contribution >= 0.6 is 35.3 Å². The van der Waals surface area contributed by atoms with Gasteiger partial charge in [-0.25, -0.2) is 9.98 Å². The summed E-state index contributed by atoms with van der Waals surface area (Å²) in [5, 5.41) is 9.97. The summed E-state index contributed by atoms with van der Waals surface area (Å²) >= 11 is 1.69. The molecule has 1 aliphatic rings. The molecule has 8 heteroatoms. The molecule has 1 aliphatic carbocycles. The minimum absolute atomic E-state index is 0. The quantitative estimate of drug-likeness (QED) is 0.281. The van der Waals surface area contributed by atoms with Crippen LogP contribution in [-0.2, 0) is 11.3 Å². The number of nitrogens with one attached hydrogen (secondary N) is 2. The summed E-state index contributed by atoms with van der Waals surface area (Å²) in [6, 6.07) is 0.751. The Kier molecular flexibility index (Phi) is 11.7. The fraction of sp³-hybridized carbons (Fsp3) is 0.778. The highest BCUT2D eigenvalue weighted by molar-refractivity contribution is 14.0. The van der Waals surface area contributed by atoms with E-state index >= 15 is 0 Å². The first-order valence-corrected chi connectivity index (χ1v) is 10.2. The number of nitrogens with zero attached hydrogens (tertiary/aromatic N) is 3. The lowest BCUT2D eigenvalue weighted by molar-refractivity contribution is 0.144. The van der Waals surface area contributed by atoms with Gasteiger partial charge in [0.05, 0.1) is 18.8 Å². The molecule has 0 saturated heterocycles. The van der Waals surface area contributed by atoms with Crippen LogP contribution in [0.2, 0.25) is 0 Å². The normalized spacial score (nSPS) is 14.6. The summed E-state index contributed by atoms with van der Waals surface area (Å²) in [6.45, 7) is 11.6. The number of methoxy groups -OCH3 is 1. The first kappa shape index (κ1) is 23.6. The zero-order chi connectivity index (χ0) is 18.1. The maximum Gasteiger partial charge on any atom is 0.191 e. The second-order valence-corrected chi connectivity index (χ2v) is 7.65. The van der Waals surface area contributed by atoms with Crippen molar-refractivity contribution in [1.29, 1.82) is 0 Å². The number of aromatic nitrogens is 1. The van der Waals surface area contributed by atoms with Crippen molar-refractivity contribution in [2.24, 2.45) is 4.99 Å². The molecule has 0 spiro atoms. The fourth-order valence-corrected chi connectivity index (χ4v) is 3.47. The van der Waals surface area contributed by atoms with Crippen LogP contribution in [0.1, 0.15) is 50.2 Å². The lowest BCUT2D eigenvalue weighted by Gasteiger charge is -2.22. The molecule has 2 rings (SSSR count). The van der Waals surface area contributed by atoms with Gasteiger partial charge in [-0.2, -0.15) is 0 Å². The summed E-state index contributed by atoms with van der Waals surface area (Å²) in [7, 11) is 1.77. The molecule has 0 aliphatic heterocycles. The average molecular weight is 495 g/mol. The summed E-state index contributed by atoms with van der Waals surface area (Å²) in [4.78, 5) is 11.8. The Balaban J connectivity index is 0.00000338. The number of hydrogen-bond acceptors (Lipinski definition) is 5.